The van der Waals surface area contributed by atoms with Crippen molar-refractivity contribution in [1.82, 2.24) is 0 Å². The molecule has 106 valence electrons. The van der Waals surface area contributed by atoms with Gasteiger partial charge in [0.15, 0.2) is 0 Å². The van der Waals surface area contributed by atoms with Crippen molar-refractivity contribution in [2.45, 2.75) is 13.0 Å². The van der Waals surface area contributed by atoms with Gasteiger partial charge in [0.25, 0.3) is 0 Å². The largest absolute Gasteiger partial charge is 0.490 e. The summed E-state index contributed by atoms with van der Waals surface area (Å²) in [5.41, 5.74) is 6.93. The first kappa shape index (κ1) is 14.9. The number of ether oxygens (including phenoxy) is 2. The first-order valence-corrected chi connectivity index (χ1v) is 7.32. The highest BCUT2D eigenvalue weighted by molar-refractivity contribution is 9.10. The summed E-state index contributed by atoms with van der Waals surface area (Å²) in [6.07, 6.45) is 0. The second-order valence-electron chi connectivity index (χ2n) is 4.48. The number of hydrogen-bond acceptors (Lipinski definition) is 3. The van der Waals surface area contributed by atoms with E-state index < -0.39 is 0 Å². The predicted octanol–water partition coefficient (Wildman–Crippen LogP) is 3.93. The van der Waals surface area contributed by atoms with Gasteiger partial charge in [0.1, 0.15) is 24.7 Å². The molecule has 2 aromatic carbocycles. The minimum absolute atomic E-state index is 0.0619. The van der Waals surface area contributed by atoms with Crippen LogP contribution in [0.4, 0.5) is 0 Å². The topological polar surface area (TPSA) is 44.5 Å². The van der Waals surface area contributed by atoms with Crippen molar-refractivity contribution in [2.75, 3.05) is 13.2 Å². The van der Waals surface area contributed by atoms with Gasteiger partial charge in [-0.25, -0.2) is 0 Å². The summed E-state index contributed by atoms with van der Waals surface area (Å²) < 4.78 is 12.3. The van der Waals surface area contributed by atoms with Crippen LogP contribution in [0.15, 0.2) is 53.0 Å². The Hall–Kier alpha value is -1.52. The third-order valence-electron chi connectivity index (χ3n) is 2.82. The van der Waals surface area contributed by atoms with Crippen molar-refractivity contribution < 1.29 is 9.47 Å². The average Bonchev–Trinajstić information content (AvgIpc) is 2.44. The lowest BCUT2D eigenvalue weighted by Crippen LogP contribution is -2.12. The van der Waals surface area contributed by atoms with Crippen LogP contribution in [0.3, 0.4) is 0 Å². The molecule has 0 aliphatic rings. The highest BCUT2D eigenvalue weighted by Crippen LogP contribution is 2.27. The molecule has 3 nitrogen and oxygen atoms in total. The van der Waals surface area contributed by atoms with Crippen molar-refractivity contribution in [3.63, 3.8) is 0 Å². The first-order valence-electron chi connectivity index (χ1n) is 6.52. The van der Waals surface area contributed by atoms with E-state index in [9.17, 15) is 0 Å². The van der Waals surface area contributed by atoms with Crippen LogP contribution in [0.2, 0.25) is 0 Å². The molecule has 4 heteroatoms. The highest BCUT2D eigenvalue weighted by Gasteiger charge is 2.08. The highest BCUT2D eigenvalue weighted by atomic mass is 79.9. The van der Waals surface area contributed by atoms with E-state index in [0.29, 0.717) is 13.2 Å². The SMILES string of the molecule is C[C@H](N)c1ccc(Br)cc1OCCOc1ccccc1. The Bertz CT molecular complexity index is 543. The zero-order valence-electron chi connectivity index (χ0n) is 11.4. The maximum Gasteiger partial charge on any atom is 0.125 e. The fourth-order valence-corrected chi connectivity index (χ4v) is 2.18. The van der Waals surface area contributed by atoms with E-state index in [-0.39, 0.29) is 6.04 Å². The zero-order chi connectivity index (χ0) is 14.4. The monoisotopic (exact) mass is 335 g/mol. The molecule has 0 spiro atoms. The molecule has 0 heterocycles. The molecule has 0 radical (unpaired) electrons. The number of para-hydroxylation sites is 1. The van der Waals surface area contributed by atoms with E-state index in [4.69, 9.17) is 15.2 Å². The van der Waals surface area contributed by atoms with Crippen molar-refractivity contribution in [1.29, 1.82) is 0 Å². The minimum atomic E-state index is -0.0619. The first-order chi connectivity index (χ1) is 9.66. The van der Waals surface area contributed by atoms with Gasteiger partial charge in [-0.05, 0) is 31.2 Å². The molecular weight excluding hydrogens is 318 g/mol. The molecule has 0 saturated carbocycles. The normalized spacial score (nSPS) is 11.9. The van der Waals surface area contributed by atoms with Gasteiger partial charge >= 0.3 is 0 Å². The van der Waals surface area contributed by atoms with Crippen molar-refractivity contribution in [3.8, 4) is 11.5 Å². The van der Waals surface area contributed by atoms with Gasteiger partial charge in [0.2, 0.25) is 0 Å². The molecule has 2 aromatic rings. The Morgan fingerprint density at radius 3 is 2.45 bits per heavy atom. The summed E-state index contributed by atoms with van der Waals surface area (Å²) >= 11 is 3.44. The van der Waals surface area contributed by atoms with E-state index in [1.807, 2.05) is 55.5 Å². The molecule has 2 N–H and O–H groups in total. The Balaban J connectivity index is 1.89. The molecule has 1 atom stereocenters. The van der Waals surface area contributed by atoms with Gasteiger partial charge in [0, 0.05) is 16.1 Å². The number of hydrogen-bond donors (Lipinski definition) is 1. The second kappa shape index (κ2) is 7.31. The molecule has 2 rings (SSSR count). The Labute approximate surface area is 127 Å². The molecule has 0 bridgehead atoms. The number of halogens is 1. The lowest BCUT2D eigenvalue weighted by molar-refractivity contribution is 0.215. The van der Waals surface area contributed by atoms with E-state index >= 15 is 0 Å². The van der Waals surface area contributed by atoms with Crippen LogP contribution >= 0.6 is 15.9 Å². The molecule has 0 aliphatic carbocycles. The van der Waals surface area contributed by atoms with Gasteiger partial charge in [-0.15, -0.1) is 0 Å². The smallest absolute Gasteiger partial charge is 0.125 e. The standard InChI is InChI=1S/C16H18BrNO2/c1-12(18)15-8-7-13(17)11-16(15)20-10-9-19-14-5-3-2-4-6-14/h2-8,11-12H,9-10,18H2,1H3/t12-/m0/s1. The van der Waals surface area contributed by atoms with E-state index in [0.717, 1.165) is 21.5 Å². The molecule has 20 heavy (non-hydrogen) atoms. The summed E-state index contributed by atoms with van der Waals surface area (Å²) in [6, 6.07) is 15.5. The van der Waals surface area contributed by atoms with Gasteiger partial charge in [-0.2, -0.15) is 0 Å². The zero-order valence-corrected chi connectivity index (χ0v) is 13.0. The number of nitrogens with two attached hydrogens (primary N) is 1. The summed E-state index contributed by atoms with van der Waals surface area (Å²) in [5, 5.41) is 0. The average molecular weight is 336 g/mol. The third kappa shape index (κ3) is 4.25. The minimum Gasteiger partial charge on any atom is -0.490 e. The van der Waals surface area contributed by atoms with Gasteiger partial charge in [-0.3, -0.25) is 0 Å². The quantitative estimate of drug-likeness (QED) is 0.813. The predicted molar refractivity (Wildman–Crippen MR) is 84.2 cm³/mol. The summed E-state index contributed by atoms with van der Waals surface area (Å²) in [5.74, 6) is 1.64. The van der Waals surface area contributed by atoms with Crippen molar-refractivity contribution in [2.24, 2.45) is 5.73 Å². The molecule has 0 unspecified atom stereocenters. The van der Waals surface area contributed by atoms with Crippen molar-refractivity contribution in [3.05, 3.63) is 58.6 Å². The van der Waals surface area contributed by atoms with Gasteiger partial charge < -0.3 is 15.2 Å². The van der Waals surface area contributed by atoms with Crippen LogP contribution in [-0.4, -0.2) is 13.2 Å². The second-order valence-corrected chi connectivity index (χ2v) is 5.40. The molecular formula is C16H18BrNO2. The van der Waals surface area contributed by atoms with Gasteiger partial charge in [-0.1, -0.05) is 40.2 Å². The number of rotatable bonds is 6. The Morgan fingerprint density at radius 1 is 1.05 bits per heavy atom. The number of benzene rings is 2. The van der Waals surface area contributed by atoms with Crippen LogP contribution in [0.25, 0.3) is 0 Å². The molecule has 0 aromatic heterocycles. The van der Waals surface area contributed by atoms with Gasteiger partial charge in [0.05, 0.1) is 0 Å². The molecule has 0 amide bonds. The van der Waals surface area contributed by atoms with E-state index in [1.165, 1.54) is 0 Å². The van der Waals surface area contributed by atoms with Crippen LogP contribution < -0.4 is 15.2 Å². The van der Waals surface area contributed by atoms with Crippen LogP contribution in [0.1, 0.15) is 18.5 Å². The molecule has 0 aliphatic heterocycles. The fourth-order valence-electron chi connectivity index (χ4n) is 1.84. The molecule has 0 fully saturated rings. The Kier molecular flexibility index (Phi) is 5.44. The van der Waals surface area contributed by atoms with Crippen molar-refractivity contribution >= 4 is 15.9 Å². The third-order valence-corrected chi connectivity index (χ3v) is 3.31. The van der Waals surface area contributed by atoms with Crippen LogP contribution in [0.5, 0.6) is 11.5 Å². The summed E-state index contributed by atoms with van der Waals surface area (Å²) in [7, 11) is 0. The lowest BCUT2D eigenvalue weighted by atomic mass is 10.1. The van der Waals surface area contributed by atoms with E-state index in [2.05, 4.69) is 15.9 Å². The lowest BCUT2D eigenvalue weighted by Gasteiger charge is -2.14. The van der Waals surface area contributed by atoms with E-state index in [1.54, 1.807) is 0 Å². The molecule has 0 saturated heterocycles. The maximum absolute atomic E-state index is 5.93. The van der Waals surface area contributed by atoms with Crippen LogP contribution in [0, 0.1) is 0 Å². The summed E-state index contributed by atoms with van der Waals surface area (Å²) in [4.78, 5) is 0. The summed E-state index contributed by atoms with van der Waals surface area (Å²) in [6.45, 7) is 2.91. The maximum atomic E-state index is 5.93. The fraction of sp³-hybridized carbons (Fsp3) is 0.250. The van der Waals surface area contributed by atoms with Crippen LogP contribution in [-0.2, 0) is 0 Å². The Morgan fingerprint density at radius 2 is 1.75 bits per heavy atom.